The third-order valence-corrected chi connectivity index (χ3v) is 3.72. The van der Waals surface area contributed by atoms with Gasteiger partial charge in [0.2, 0.25) is 5.91 Å². The molecule has 1 aliphatic rings. The van der Waals surface area contributed by atoms with E-state index < -0.39 is 0 Å². The molecule has 1 aromatic rings. The molecule has 1 amide bonds. The Bertz CT molecular complexity index is 480. The highest BCUT2D eigenvalue weighted by Crippen LogP contribution is 2.24. The van der Waals surface area contributed by atoms with Crippen molar-refractivity contribution in [3.05, 3.63) is 11.9 Å². The number of carbonyl (C=O) groups excluding carboxylic acids is 1. The summed E-state index contributed by atoms with van der Waals surface area (Å²) in [4.78, 5) is 22.5. The summed E-state index contributed by atoms with van der Waals surface area (Å²) in [7, 11) is 1.86. The SMILES string of the molecule is CNc1cc(N2CCC(C(N)=O)CC2)nc(C(C)C)n1. The molecule has 0 radical (unpaired) electrons. The summed E-state index contributed by atoms with van der Waals surface area (Å²) in [5, 5.41) is 3.08. The van der Waals surface area contributed by atoms with E-state index in [1.807, 2.05) is 13.1 Å². The van der Waals surface area contributed by atoms with Crippen LogP contribution in [0.25, 0.3) is 0 Å². The van der Waals surface area contributed by atoms with Crippen LogP contribution in [0.5, 0.6) is 0 Å². The molecular weight excluding hydrogens is 254 g/mol. The highest BCUT2D eigenvalue weighted by Gasteiger charge is 2.24. The molecule has 1 fully saturated rings. The third-order valence-electron chi connectivity index (χ3n) is 3.72. The first-order valence-corrected chi connectivity index (χ1v) is 7.12. The fourth-order valence-corrected chi connectivity index (χ4v) is 2.39. The lowest BCUT2D eigenvalue weighted by molar-refractivity contribution is -0.122. The number of aromatic nitrogens is 2. The Hall–Kier alpha value is -1.85. The Balaban J connectivity index is 2.16. The van der Waals surface area contributed by atoms with Crippen molar-refractivity contribution < 1.29 is 4.79 Å². The van der Waals surface area contributed by atoms with E-state index in [0.717, 1.165) is 43.4 Å². The Labute approximate surface area is 119 Å². The lowest BCUT2D eigenvalue weighted by Gasteiger charge is -2.31. The summed E-state index contributed by atoms with van der Waals surface area (Å²) in [5.41, 5.74) is 5.37. The zero-order valence-electron chi connectivity index (χ0n) is 12.4. The van der Waals surface area contributed by atoms with Crippen LogP contribution in [0, 0.1) is 5.92 Å². The number of piperidine rings is 1. The van der Waals surface area contributed by atoms with Crippen LogP contribution < -0.4 is 16.0 Å². The Morgan fingerprint density at radius 1 is 1.40 bits per heavy atom. The molecule has 110 valence electrons. The highest BCUT2D eigenvalue weighted by molar-refractivity contribution is 5.77. The number of hydrogen-bond acceptors (Lipinski definition) is 5. The van der Waals surface area contributed by atoms with E-state index in [4.69, 9.17) is 5.73 Å². The number of anilines is 2. The van der Waals surface area contributed by atoms with E-state index in [9.17, 15) is 4.79 Å². The van der Waals surface area contributed by atoms with Gasteiger partial charge in [-0.25, -0.2) is 9.97 Å². The Morgan fingerprint density at radius 2 is 2.05 bits per heavy atom. The fraction of sp³-hybridized carbons (Fsp3) is 0.643. The molecule has 20 heavy (non-hydrogen) atoms. The van der Waals surface area contributed by atoms with Gasteiger partial charge in [0.15, 0.2) is 0 Å². The van der Waals surface area contributed by atoms with Gasteiger partial charge in [-0.15, -0.1) is 0 Å². The topological polar surface area (TPSA) is 84.1 Å². The molecule has 6 heteroatoms. The molecule has 2 rings (SSSR count). The molecule has 0 atom stereocenters. The summed E-state index contributed by atoms with van der Waals surface area (Å²) >= 11 is 0. The van der Waals surface area contributed by atoms with Crippen molar-refractivity contribution in [1.82, 2.24) is 9.97 Å². The standard InChI is InChI=1S/C14H23N5O/c1-9(2)14-17-11(16-3)8-12(18-14)19-6-4-10(5-7-19)13(15)20/h8-10H,4-7H2,1-3H3,(H2,15,20)(H,16,17,18). The van der Waals surface area contributed by atoms with E-state index in [0.29, 0.717) is 0 Å². The minimum Gasteiger partial charge on any atom is -0.373 e. The van der Waals surface area contributed by atoms with Crippen molar-refractivity contribution in [2.45, 2.75) is 32.6 Å². The van der Waals surface area contributed by atoms with Crippen LogP contribution in [-0.4, -0.2) is 36.0 Å². The van der Waals surface area contributed by atoms with E-state index in [1.165, 1.54) is 0 Å². The average Bonchev–Trinajstić information content (AvgIpc) is 2.46. The van der Waals surface area contributed by atoms with E-state index in [1.54, 1.807) is 0 Å². The fourth-order valence-electron chi connectivity index (χ4n) is 2.39. The first-order valence-electron chi connectivity index (χ1n) is 7.12. The molecular formula is C14H23N5O. The monoisotopic (exact) mass is 277 g/mol. The zero-order valence-corrected chi connectivity index (χ0v) is 12.4. The maximum Gasteiger partial charge on any atom is 0.220 e. The lowest BCUT2D eigenvalue weighted by Crippen LogP contribution is -2.39. The maximum atomic E-state index is 11.2. The number of amides is 1. The Morgan fingerprint density at radius 3 is 2.55 bits per heavy atom. The molecule has 2 heterocycles. The second kappa shape index (κ2) is 6.07. The van der Waals surface area contributed by atoms with Crippen molar-refractivity contribution in [2.75, 3.05) is 30.4 Å². The molecule has 6 nitrogen and oxygen atoms in total. The van der Waals surface area contributed by atoms with Crippen molar-refractivity contribution in [2.24, 2.45) is 11.7 Å². The van der Waals surface area contributed by atoms with Gasteiger partial charge >= 0.3 is 0 Å². The van der Waals surface area contributed by atoms with Gasteiger partial charge in [0.05, 0.1) is 0 Å². The smallest absolute Gasteiger partial charge is 0.220 e. The number of primary amides is 1. The molecule has 0 saturated carbocycles. The number of nitrogens with two attached hydrogens (primary N) is 1. The van der Waals surface area contributed by atoms with Gasteiger partial charge in [0.25, 0.3) is 0 Å². The average molecular weight is 277 g/mol. The third kappa shape index (κ3) is 3.18. The largest absolute Gasteiger partial charge is 0.373 e. The summed E-state index contributed by atoms with van der Waals surface area (Å²) in [6.07, 6.45) is 1.59. The van der Waals surface area contributed by atoms with Crippen LogP contribution in [0.1, 0.15) is 38.4 Å². The van der Waals surface area contributed by atoms with Gasteiger partial charge in [0.1, 0.15) is 17.5 Å². The summed E-state index contributed by atoms with van der Waals surface area (Å²) in [6.45, 7) is 5.78. The predicted molar refractivity (Wildman–Crippen MR) is 79.8 cm³/mol. The molecule has 1 saturated heterocycles. The maximum absolute atomic E-state index is 11.2. The molecule has 0 bridgehead atoms. The van der Waals surface area contributed by atoms with E-state index >= 15 is 0 Å². The molecule has 0 spiro atoms. The molecule has 0 unspecified atom stereocenters. The number of rotatable bonds is 4. The van der Waals surface area contributed by atoms with Gasteiger partial charge in [0, 0.05) is 38.0 Å². The van der Waals surface area contributed by atoms with Gasteiger partial charge < -0.3 is 16.0 Å². The van der Waals surface area contributed by atoms with Gasteiger partial charge in [-0.2, -0.15) is 0 Å². The minimum atomic E-state index is -0.189. The van der Waals surface area contributed by atoms with Gasteiger partial charge in [-0.1, -0.05) is 13.8 Å². The molecule has 1 aromatic heterocycles. The number of nitrogens with zero attached hydrogens (tertiary/aromatic N) is 3. The van der Waals surface area contributed by atoms with Crippen LogP contribution in [0.2, 0.25) is 0 Å². The summed E-state index contributed by atoms with van der Waals surface area (Å²) in [6, 6.07) is 1.95. The summed E-state index contributed by atoms with van der Waals surface area (Å²) < 4.78 is 0. The first kappa shape index (κ1) is 14.6. The highest BCUT2D eigenvalue weighted by atomic mass is 16.1. The summed E-state index contributed by atoms with van der Waals surface area (Å²) in [5.74, 6) is 2.69. The van der Waals surface area contributed by atoms with Crippen molar-refractivity contribution in [1.29, 1.82) is 0 Å². The van der Waals surface area contributed by atoms with Crippen LogP contribution in [0.15, 0.2) is 6.07 Å². The van der Waals surface area contributed by atoms with E-state index in [2.05, 4.69) is 34.0 Å². The minimum absolute atomic E-state index is 0.00132. The van der Waals surface area contributed by atoms with Crippen LogP contribution in [0.3, 0.4) is 0 Å². The normalized spacial score (nSPS) is 16.5. The second-order valence-corrected chi connectivity index (χ2v) is 5.54. The van der Waals surface area contributed by atoms with Crippen LogP contribution >= 0.6 is 0 Å². The quantitative estimate of drug-likeness (QED) is 0.867. The van der Waals surface area contributed by atoms with Gasteiger partial charge in [-0.3, -0.25) is 4.79 Å². The molecule has 3 N–H and O–H groups in total. The first-order chi connectivity index (χ1) is 9.51. The van der Waals surface area contributed by atoms with Gasteiger partial charge in [-0.05, 0) is 12.8 Å². The van der Waals surface area contributed by atoms with Crippen molar-refractivity contribution in [3.63, 3.8) is 0 Å². The van der Waals surface area contributed by atoms with Crippen LogP contribution in [0.4, 0.5) is 11.6 Å². The number of nitrogens with one attached hydrogen (secondary N) is 1. The van der Waals surface area contributed by atoms with Crippen molar-refractivity contribution in [3.8, 4) is 0 Å². The predicted octanol–water partition coefficient (Wildman–Crippen LogP) is 1.34. The second-order valence-electron chi connectivity index (χ2n) is 5.54. The molecule has 0 aliphatic carbocycles. The van der Waals surface area contributed by atoms with Crippen LogP contribution in [-0.2, 0) is 4.79 Å². The van der Waals surface area contributed by atoms with E-state index in [-0.39, 0.29) is 17.7 Å². The molecule has 1 aliphatic heterocycles. The molecule has 0 aromatic carbocycles. The lowest BCUT2D eigenvalue weighted by atomic mass is 9.96. The van der Waals surface area contributed by atoms with Crippen molar-refractivity contribution >= 4 is 17.5 Å². The number of carbonyl (C=O) groups is 1. The Kier molecular flexibility index (Phi) is 4.42. The zero-order chi connectivity index (χ0) is 14.7. The number of hydrogen-bond donors (Lipinski definition) is 2.